The third-order valence-corrected chi connectivity index (χ3v) is 8.43. The van der Waals surface area contributed by atoms with Gasteiger partial charge in [0.05, 0.1) is 24.5 Å². The van der Waals surface area contributed by atoms with Crippen LogP contribution < -0.4 is 19.3 Å². The van der Waals surface area contributed by atoms with E-state index >= 15 is 8.78 Å². The van der Waals surface area contributed by atoms with Gasteiger partial charge in [-0.3, -0.25) is 9.59 Å². The lowest BCUT2D eigenvalue weighted by Crippen LogP contribution is -2.44. The molecule has 2 aliphatic rings. The third-order valence-electron chi connectivity index (χ3n) is 8.43. The van der Waals surface area contributed by atoms with Crippen LogP contribution in [-0.4, -0.2) is 79.1 Å². The largest absolute Gasteiger partial charge is 0.482 e. The highest BCUT2D eigenvalue weighted by Crippen LogP contribution is 2.41. The first-order valence-electron chi connectivity index (χ1n) is 15.1. The number of nitrogens with zero attached hydrogens (tertiary/aromatic N) is 2. The second kappa shape index (κ2) is 14.1. The minimum absolute atomic E-state index is 0.0708. The van der Waals surface area contributed by atoms with Crippen molar-refractivity contribution >= 4 is 23.2 Å². The predicted molar refractivity (Wildman–Crippen MR) is 174 cm³/mol. The van der Waals surface area contributed by atoms with Gasteiger partial charge in [-0.15, -0.1) is 0 Å². The molecular weight excluding hydrogens is 626 g/mol. The van der Waals surface area contributed by atoms with E-state index in [0.29, 0.717) is 34.0 Å². The highest BCUT2D eigenvalue weighted by molar-refractivity contribution is 5.99. The second-order valence-electron chi connectivity index (χ2n) is 11.1. The molecule has 0 aliphatic carbocycles. The van der Waals surface area contributed by atoms with Crippen LogP contribution >= 0.6 is 0 Å². The van der Waals surface area contributed by atoms with Gasteiger partial charge < -0.3 is 38.2 Å². The van der Waals surface area contributed by atoms with Crippen molar-refractivity contribution < 1.29 is 46.8 Å². The molecule has 0 spiro atoms. The van der Waals surface area contributed by atoms with Crippen LogP contribution in [0.25, 0.3) is 33.4 Å². The lowest BCUT2D eigenvalue weighted by atomic mass is 9.94. The zero-order chi connectivity index (χ0) is 33.9. The Labute approximate surface area is 276 Å². The van der Waals surface area contributed by atoms with Gasteiger partial charge in [-0.2, -0.15) is 0 Å². The minimum Gasteiger partial charge on any atom is -0.482 e. The van der Waals surface area contributed by atoms with Gasteiger partial charge in [-0.25, -0.2) is 8.78 Å². The summed E-state index contributed by atoms with van der Waals surface area (Å²) in [7, 11) is 5.93. The number of halogens is 2. The summed E-state index contributed by atoms with van der Waals surface area (Å²) in [6.45, 7) is -0.0916. The SMILES string of the molecule is COC(CN1C(=O)COc2cc(-c3cccc(-c4cccc(-c5ccc6c(c5)OCC(=O)N6CC(OC)OC)c4F)c3F)ccc21)OC. The number of benzene rings is 4. The van der Waals surface area contributed by atoms with Gasteiger partial charge in [0.1, 0.15) is 23.1 Å². The summed E-state index contributed by atoms with van der Waals surface area (Å²) in [5, 5.41) is 0. The van der Waals surface area contributed by atoms with Crippen molar-refractivity contribution in [1.82, 2.24) is 0 Å². The van der Waals surface area contributed by atoms with Crippen LogP contribution in [0.5, 0.6) is 11.5 Å². The normalized spacial score (nSPS) is 14.2. The van der Waals surface area contributed by atoms with Crippen LogP contribution in [-0.2, 0) is 28.5 Å². The summed E-state index contributed by atoms with van der Waals surface area (Å²) in [6.07, 6.45) is -1.28. The maximum atomic E-state index is 16.3. The molecule has 2 amide bonds. The van der Waals surface area contributed by atoms with Crippen molar-refractivity contribution in [3.8, 4) is 44.9 Å². The average Bonchev–Trinajstić information content (AvgIpc) is 3.11. The van der Waals surface area contributed by atoms with Crippen LogP contribution in [0.15, 0.2) is 72.8 Å². The van der Waals surface area contributed by atoms with Crippen molar-refractivity contribution in [3.05, 3.63) is 84.4 Å². The fraction of sp³-hybridized carbons (Fsp3) is 0.278. The Morgan fingerprint density at radius 1 is 0.604 bits per heavy atom. The highest BCUT2D eigenvalue weighted by atomic mass is 19.1. The van der Waals surface area contributed by atoms with Crippen LogP contribution in [0.3, 0.4) is 0 Å². The Kier molecular flexibility index (Phi) is 9.69. The molecule has 12 heteroatoms. The first kappa shape index (κ1) is 33.0. The predicted octanol–water partition coefficient (Wildman–Crippen LogP) is 5.65. The summed E-state index contributed by atoms with van der Waals surface area (Å²) in [5.74, 6) is -0.980. The van der Waals surface area contributed by atoms with Crippen molar-refractivity contribution in [2.24, 2.45) is 0 Å². The maximum Gasteiger partial charge on any atom is 0.265 e. The molecule has 250 valence electrons. The average molecular weight is 661 g/mol. The molecule has 0 atom stereocenters. The summed E-state index contributed by atoms with van der Waals surface area (Å²) < 4.78 is 65.0. The summed E-state index contributed by atoms with van der Waals surface area (Å²) in [6, 6.07) is 19.6. The van der Waals surface area contributed by atoms with E-state index in [-0.39, 0.29) is 60.4 Å². The lowest BCUT2D eigenvalue weighted by Gasteiger charge is -2.31. The van der Waals surface area contributed by atoms with Gasteiger partial charge in [0.25, 0.3) is 11.8 Å². The number of rotatable bonds is 11. The van der Waals surface area contributed by atoms with Crippen LogP contribution in [0.1, 0.15) is 0 Å². The molecule has 0 saturated carbocycles. The minimum atomic E-state index is -0.642. The summed E-state index contributed by atoms with van der Waals surface area (Å²) in [5.41, 5.74) is 2.59. The smallest absolute Gasteiger partial charge is 0.265 e. The van der Waals surface area contributed by atoms with E-state index in [0.717, 1.165) is 0 Å². The van der Waals surface area contributed by atoms with Gasteiger partial charge in [-0.05, 0) is 35.4 Å². The molecule has 2 aliphatic heterocycles. The first-order valence-corrected chi connectivity index (χ1v) is 15.1. The Bertz CT molecular complexity index is 1710. The molecule has 4 aromatic rings. The first-order chi connectivity index (χ1) is 23.3. The van der Waals surface area contributed by atoms with E-state index in [1.165, 1.54) is 50.4 Å². The molecule has 0 bridgehead atoms. The Hall–Kier alpha value is -4.88. The third kappa shape index (κ3) is 6.22. The molecule has 0 aromatic heterocycles. The Balaban J connectivity index is 1.32. The van der Waals surface area contributed by atoms with Crippen LogP contribution in [0, 0.1) is 11.6 Å². The zero-order valence-corrected chi connectivity index (χ0v) is 26.8. The number of hydrogen-bond acceptors (Lipinski definition) is 8. The van der Waals surface area contributed by atoms with E-state index in [1.807, 2.05) is 0 Å². The zero-order valence-electron chi connectivity index (χ0n) is 26.8. The number of hydrogen-bond donors (Lipinski definition) is 0. The van der Waals surface area contributed by atoms with Gasteiger partial charge in [-0.1, -0.05) is 48.5 Å². The molecule has 0 N–H and O–H groups in total. The quantitative estimate of drug-likeness (QED) is 0.191. The Morgan fingerprint density at radius 3 is 1.35 bits per heavy atom. The van der Waals surface area contributed by atoms with Crippen molar-refractivity contribution in [3.63, 3.8) is 0 Å². The number of methoxy groups -OCH3 is 4. The second-order valence-corrected chi connectivity index (χ2v) is 11.1. The van der Waals surface area contributed by atoms with Gasteiger partial charge in [0.15, 0.2) is 25.8 Å². The molecule has 0 radical (unpaired) electrons. The molecule has 10 nitrogen and oxygen atoms in total. The number of anilines is 2. The topological polar surface area (TPSA) is 96.0 Å². The van der Waals surface area contributed by atoms with E-state index in [2.05, 4.69) is 0 Å². The summed E-state index contributed by atoms with van der Waals surface area (Å²) in [4.78, 5) is 28.2. The van der Waals surface area contributed by atoms with E-state index in [1.54, 1.807) is 60.7 Å². The standard InChI is InChI=1S/C36H34F2N2O8/c1-43-33(44-2)17-39-27-13-11-21(15-29(27)47-19-31(39)41)23-7-5-9-25(35(23)37)26-10-6-8-24(36(26)38)22-12-14-28-30(16-22)48-20-32(42)40(28)18-34(45-3)46-4/h5-16,33-34H,17-20H2,1-4H3. The molecular formula is C36H34F2N2O8. The van der Waals surface area contributed by atoms with Crippen molar-refractivity contribution in [1.29, 1.82) is 0 Å². The van der Waals surface area contributed by atoms with Crippen molar-refractivity contribution in [2.45, 2.75) is 12.6 Å². The van der Waals surface area contributed by atoms with Crippen LogP contribution in [0.2, 0.25) is 0 Å². The van der Waals surface area contributed by atoms with Gasteiger partial charge in [0, 0.05) is 50.7 Å². The fourth-order valence-electron chi connectivity index (χ4n) is 5.86. The van der Waals surface area contributed by atoms with E-state index < -0.39 is 24.2 Å². The summed E-state index contributed by atoms with van der Waals surface area (Å²) >= 11 is 0. The van der Waals surface area contributed by atoms with E-state index in [4.69, 9.17) is 28.4 Å². The van der Waals surface area contributed by atoms with Gasteiger partial charge >= 0.3 is 0 Å². The number of carbonyl (C=O) groups is 2. The molecule has 0 saturated heterocycles. The molecule has 0 fully saturated rings. The number of fused-ring (bicyclic) bond motifs is 2. The maximum absolute atomic E-state index is 16.3. The van der Waals surface area contributed by atoms with Gasteiger partial charge in [0.2, 0.25) is 0 Å². The monoisotopic (exact) mass is 660 g/mol. The molecule has 4 aromatic carbocycles. The van der Waals surface area contributed by atoms with E-state index in [9.17, 15) is 9.59 Å². The van der Waals surface area contributed by atoms with Crippen LogP contribution in [0.4, 0.5) is 20.2 Å². The molecule has 48 heavy (non-hydrogen) atoms. The number of ether oxygens (including phenoxy) is 6. The Morgan fingerprint density at radius 2 is 0.979 bits per heavy atom. The lowest BCUT2D eigenvalue weighted by molar-refractivity contribution is -0.126. The number of carbonyl (C=O) groups excluding carboxylic acids is 2. The fourth-order valence-corrected chi connectivity index (χ4v) is 5.86. The molecule has 6 rings (SSSR count). The van der Waals surface area contributed by atoms with Crippen molar-refractivity contribution in [2.75, 3.05) is 64.5 Å². The highest BCUT2D eigenvalue weighted by Gasteiger charge is 2.30. The molecule has 2 heterocycles. The molecule has 0 unspecified atom stereocenters. The number of amides is 2.